The molecule has 2 N–H and O–H groups in total. The Labute approximate surface area is 157 Å². The van der Waals surface area contributed by atoms with E-state index in [1.165, 1.54) is 0 Å². The van der Waals surface area contributed by atoms with Crippen LogP contribution in [0.2, 0.25) is 0 Å². The van der Waals surface area contributed by atoms with E-state index in [0.717, 1.165) is 23.5 Å². The number of ketones is 1. The molecule has 0 unspecified atom stereocenters. The molecule has 1 amide bonds. The van der Waals surface area contributed by atoms with Gasteiger partial charge in [-0.25, -0.2) is 4.98 Å². The highest BCUT2D eigenvalue weighted by molar-refractivity contribution is 6.02. The number of carbonyl (C=O) groups excluding carboxylic acids is 2. The summed E-state index contributed by atoms with van der Waals surface area (Å²) in [6, 6.07) is 11.6. The maximum Gasteiger partial charge on any atom is 0.285 e. The zero-order valence-electron chi connectivity index (χ0n) is 15.3. The average Bonchev–Trinajstić information content (AvgIpc) is 3.07. The van der Waals surface area contributed by atoms with E-state index < -0.39 is 11.3 Å². The second kappa shape index (κ2) is 5.92. The van der Waals surface area contributed by atoms with Gasteiger partial charge in [0.2, 0.25) is 5.82 Å². The van der Waals surface area contributed by atoms with Gasteiger partial charge >= 0.3 is 0 Å². The Morgan fingerprint density at radius 2 is 2.07 bits per heavy atom. The van der Waals surface area contributed by atoms with E-state index in [-0.39, 0.29) is 29.0 Å². The van der Waals surface area contributed by atoms with Gasteiger partial charge in [-0.3, -0.25) is 14.2 Å². The number of primary amides is 1. The third kappa shape index (κ3) is 2.35. The van der Waals surface area contributed by atoms with Crippen LogP contribution >= 0.6 is 0 Å². The number of aromatic nitrogens is 2. The van der Waals surface area contributed by atoms with Crippen LogP contribution in [0.3, 0.4) is 0 Å². The largest absolute Gasteiger partial charge is 0.363 e. The molecular weight excluding hydrogens is 340 g/mol. The van der Waals surface area contributed by atoms with Gasteiger partial charge in [-0.05, 0) is 30.9 Å². The molecule has 4 rings (SSSR count). The summed E-state index contributed by atoms with van der Waals surface area (Å²) in [4.78, 5) is 29.2. The molecule has 3 atom stereocenters. The highest BCUT2D eigenvalue weighted by atomic mass is 16.1. The fraction of sp³-hybridized carbons (Fsp3) is 0.333. The van der Waals surface area contributed by atoms with Crippen molar-refractivity contribution in [3.05, 3.63) is 59.2 Å². The molecular formula is C21H20N4O2. The van der Waals surface area contributed by atoms with E-state index >= 15 is 0 Å². The predicted octanol–water partition coefficient (Wildman–Crippen LogP) is 2.46. The smallest absolute Gasteiger partial charge is 0.285 e. The average molecular weight is 360 g/mol. The van der Waals surface area contributed by atoms with Crippen LogP contribution in [0.1, 0.15) is 42.3 Å². The summed E-state index contributed by atoms with van der Waals surface area (Å²) in [5.41, 5.74) is 7.70. The van der Waals surface area contributed by atoms with Crippen LogP contribution in [0, 0.1) is 23.2 Å². The molecule has 0 saturated carbocycles. The van der Waals surface area contributed by atoms with Crippen LogP contribution in [0.15, 0.2) is 42.0 Å². The lowest BCUT2D eigenvalue weighted by Gasteiger charge is -2.44. The molecule has 136 valence electrons. The zero-order chi connectivity index (χ0) is 19.3. The standard InChI is InChI=1S/C21H20N4O2/c1-12-15-8-9-16-18(21(15,2)10-13(11-22)17(12)26)24-20(19(23)27)25(16)14-6-4-3-5-7-14/h3-7,10,12,15H,8-9H2,1-2H3,(H2,23,27)/t12-,15-,21-/m0/s1. The van der Waals surface area contributed by atoms with E-state index in [0.29, 0.717) is 6.42 Å². The van der Waals surface area contributed by atoms with Gasteiger partial charge in [0.25, 0.3) is 5.91 Å². The molecule has 6 heteroatoms. The Bertz CT molecular complexity index is 1030. The number of rotatable bonds is 2. The molecule has 0 spiro atoms. The third-order valence-electron chi connectivity index (χ3n) is 6.03. The first kappa shape index (κ1) is 17.2. The topological polar surface area (TPSA) is 102 Å². The van der Waals surface area contributed by atoms with Gasteiger partial charge in [0, 0.05) is 22.7 Å². The number of amides is 1. The highest BCUT2D eigenvalue weighted by Gasteiger charge is 2.50. The SMILES string of the molecule is C[C@@H]1C(=O)C(C#N)=C[C@]2(C)c3nc(C(N)=O)n(-c4ccccc4)c3CC[C@@H]12. The number of nitrogens with two attached hydrogens (primary N) is 1. The molecule has 2 aliphatic carbocycles. The molecule has 0 fully saturated rings. The summed E-state index contributed by atoms with van der Waals surface area (Å²) >= 11 is 0. The molecule has 0 aliphatic heterocycles. The van der Waals surface area contributed by atoms with Crippen molar-refractivity contribution in [3.8, 4) is 11.8 Å². The van der Waals surface area contributed by atoms with Crippen molar-refractivity contribution in [2.75, 3.05) is 0 Å². The highest BCUT2D eigenvalue weighted by Crippen LogP contribution is 2.49. The first-order valence-corrected chi connectivity index (χ1v) is 9.03. The maximum atomic E-state index is 12.5. The van der Waals surface area contributed by atoms with E-state index in [1.807, 2.05) is 54.8 Å². The quantitative estimate of drug-likeness (QED) is 0.888. The van der Waals surface area contributed by atoms with Crippen molar-refractivity contribution in [2.24, 2.45) is 17.6 Å². The Morgan fingerprint density at radius 3 is 2.70 bits per heavy atom. The van der Waals surface area contributed by atoms with Crippen molar-refractivity contribution in [3.63, 3.8) is 0 Å². The Morgan fingerprint density at radius 1 is 1.37 bits per heavy atom. The van der Waals surface area contributed by atoms with Crippen molar-refractivity contribution < 1.29 is 9.59 Å². The van der Waals surface area contributed by atoms with E-state index in [4.69, 9.17) is 5.73 Å². The number of allylic oxidation sites excluding steroid dienone is 2. The lowest BCUT2D eigenvalue weighted by atomic mass is 9.58. The van der Waals surface area contributed by atoms with Gasteiger partial charge in [0.1, 0.15) is 6.07 Å². The number of benzene rings is 1. The summed E-state index contributed by atoms with van der Waals surface area (Å²) < 4.78 is 1.82. The summed E-state index contributed by atoms with van der Waals surface area (Å²) in [5.74, 6) is -0.750. The first-order chi connectivity index (χ1) is 12.9. The number of nitrogens with zero attached hydrogens (tertiary/aromatic N) is 3. The molecule has 1 heterocycles. The number of Topliss-reactive ketones (excluding diaryl/α,β-unsaturated/α-hetero) is 1. The number of nitriles is 1. The van der Waals surface area contributed by atoms with Gasteiger partial charge < -0.3 is 5.73 Å². The summed E-state index contributed by atoms with van der Waals surface area (Å²) in [5, 5.41) is 9.42. The second-order valence-electron chi connectivity index (χ2n) is 7.52. The number of imidazole rings is 1. The lowest BCUT2D eigenvalue weighted by Crippen LogP contribution is -2.45. The summed E-state index contributed by atoms with van der Waals surface area (Å²) in [7, 11) is 0. The minimum Gasteiger partial charge on any atom is -0.363 e. The monoisotopic (exact) mass is 360 g/mol. The van der Waals surface area contributed by atoms with Crippen molar-refractivity contribution in [2.45, 2.75) is 32.1 Å². The zero-order valence-corrected chi connectivity index (χ0v) is 15.3. The van der Waals surface area contributed by atoms with Gasteiger partial charge in [-0.2, -0.15) is 5.26 Å². The molecule has 1 aromatic carbocycles. The van der Waals surface area contributed by atoms with Crippen LogP contribution in [-0.4, -0.2) is 21.2 Å². The third-order valence-corrected chi connectivity index (χ3v) is 6.03. The Balaban J connectivity index is 2.00. The summed E-state index contributed by atoms with van der Waals surface area (Å²) in [6.07, 6.45) is 3.21. The Kier molecular flexibility index (Phi) is 3.77. The van der Waals surface area contributed by atoms with Crippen molar-refractivity contribution in [1.29, 1.82) is 5.26 Å². The molecule has 2 aliphatic rings. The molecule has 0 saturated heterocycles. The lowest BCUT2D eigenvalue weighted by molar-refractivity contribution is -0.121. The predicted molar refractivity (Wildman–Crippen MR) is 99.1 cm³/mol. The van der Waals surface area contributed by atoms with E-state index in [2.05, 4.69) is 4.98 Å². The van der Waals surface area contributed by atoms with Gasteiger partial charge in [0.05, 0.1) is 11.3 Å². The maximum absolute atomic E-state index is 12.5. The van der Waals surface area contributed by atoms with Crippen LogP contribution < -0.4 is 5.73 Å². The van der Waals surface area contributed by atoms with Crippen LogP contribution in [-0.2, 0) is 16.6 Å². The number of para-hydroxylation sites is 1. The Hall–Kier alpha value is -3.20. The van der Waals surface area contributed by atoms with Gasteiger partial charge in [-0.1, -0.05) is 38.1 Å². The number of hydrogen-bond acceptors (Lipinski definition) is 4. The molecule has 2 aromatic rings. The number of hydrogen-bond donors (Lipinski definition) is 1. The molecule has 0 bridgehead atoms. The number of fused-ring (bicyclic) bond motifs is 3. The number of carbonyl (C=O) groups is 2. The molecule has 27 heavy (non-hydrogen) atoms. The van der Waals surface area contributed by atoms with Gasteiger partial charge in [0.15, 0.2) is 5.78 Å². The first-order valence-electron chi connectivity index (χ1n) is 9.03. The minimum absolute atomic E-state index is 0.0365. The fourth-order valence-corrected chi connectivity index (χ4v) is 4.73. The fourth-order valence-electron chi connectivity index (χ4n) is 4.73. The van der Waals surface area contributed by atoms with E-state index in [9.17, 15) is 14.9 Å². The van der Waals surface area contributed by atoms with E-state index in [1.54, 1.807) is 6.08 Å². The second-order valence-corrected chi connectivity index (χ2v) is 7.52. The normalized spacial score (nSPS) is 26.6. The van der Waals surface area contributed by atoms with Crippen LogP contribution in [0.25, 0.3) is 5.69 Å². The van der Waals surface area contributed by atoms with Crippen molar-refractivity contribution >= 4 is 11.7 Å². The molecule has 1 aromatic heterocycles. The van der Waals surface area contributed by atoms with Gasteiger partial charge in [-0.15, -0.1) is 0 Å². The molecule has 6 nitrogen and oxygen atoms in total. The van der Waals surface area contributed by atoms with Crippen LogP contribution in [0.5, 0.6) is 0 Å². The summed E-state index contributed by atoms with van der Waals surface area (Å²) in [6.45, 7) is 3.88. The minimum atomic E-state index is -0.599. The van der Waals surface area contributed by atoms with Crippen molar-refractivity contribution in [1.82, 2.24) is 9.55 Å². The van der Waals surface area contributed by atoms with Crippen LogP contribution in [0.4, 0.5) is 0 Å². The molecule has 0 radical (unpaired) electrons.